The normalized spacial score (nSPS) is 11.4. The molecular formula is C21H25N3O6. The van der Waals surface area contributed by atoms with Crippen LogP contribution in [-0.2, 0) is 20.7 Å². The molecule has 2 rings (SSSR count). The predicted octanol–water partition coefficient (Wildman–Crippen LogP) is 1.81. The van der Waals surface area contributed by atoms with Crippen LogP contribution in [0.15, 0.2) is 30.3 Å². The lowest BCUT2D eigenvalue weighted by Crippen LogP contribution is -2.46. The molecule has 9 heteroatoms. The first-order chi connectivity index (χ1) is 14.2. The number of nitrogens with one attached hydrogen (secondary N) is 2. The summed E-state index contributed by atoms with van der Waals surface area (Å²) in [5, 5.41) is 2.33. The monoisotopic (exact) mass is 415 g/mol. The molecular weight excluding hydrogens is 390 g/mol. The highest BCUT2D eigenvalue weighted by Crippen LogP contribution is 2.19. The SMILES string of the molecule is CCOC(=O)c1c(C)[nH]c(C(=O)COC(=O)[C@H](Cc2ccccc2)NC(N)=O)c1C. The van der Waals surface area contributed by atoms with Crippen molar-refractivity contribution in [2.24, 2.45) is 5.73 Å². The van der Waals surface area contributed by atoms with Crippen molar-refractivity contribution in [1.82, 2.24) is 10.3 Å². The molecule has 9 nitrogen and oxygen atoms in total. The molecule has 4 N–H and O–H groups in total. The van der Waals surface area contributed by atoms with E-state index in [-0.39, 0.29) is 24.3 Å². The lowest BCUT2D eigenvalue weighted by Gasteiger charge is -2.16. The number of Topliss-reactive ketones (excluding diaryl/α,β-unsaturated/α-hetero) is 1. The summed E-state index contributed by atoms with van der Waals surface area (Å²) in [6, 6.07) is 7.06. The molecule has 160 valence electrons. The van der Waals surface area contributed by atoms with E-state index in [0.717, 1.165) is 5.56 Å². The molecule has 0 radical (unpaired) electrons. The highest BCUT2D eigenvalue weighted by atomic mass is 16.5. The third-order valence-corrected chi connectivity index (χ3v) is 4.43. The van der Waals surface area contributed by atoms with Crippen molar-refractivity contribution in [3.05, 3.63) is 58.4 Å². The second kappa shape index (κ2) is 10.2. The number of benzene rings is 1. The molecule has 0 saturated heterocycles. The van der Waals surface area contributed by atoms with E-state index in [1.54, 1.807) is 45.0 Å². The van der Waals surface area contributed by atoms with Gasteiger partial charge in [0.25, 0.3) is 0 Å². The summed E-state index contributed by atoms with van der Waals surface area (Å²) in [5.41, 5.74) is 7.28. The topological polar surface area (TPSA) is 141 Å². The van der Waals surface area contributed by atoms with Crippen LogP contribution < -0.4 is 11.1 Å². The summed E-state index contributed by atoms with van der Waals surface area (Å²) in [4.78, 5) is 51.1. The van der Waals surface area contributed by atoms with Crippen LogP contribution in [0.1, 0.15) is 44.6 Å². The fourth-order valence-electron chi connectivity index (χ4n) is 3.06. The van der Waals surface area contributed by atoms with Crippen molar-refractivity contribution in [3.63, 3.8) is 0 Å². The standard InChI is InChI=1S/C21H25N3O6/c1-4-29-20(27)17-12(2)18(23-13(17)3)16(25)11-30-19(26)15(24-21(22)28)10-14-8-6-5-7-9-14/h5-9,15,23H,4,10-11H2,1-3H3,(H3,22,24,28)/t15-/m0/s1. The van der Waals surface area contributed by atoms with Gasteiger partial charge in [0.05, 0.1) is 17.9 Å². The molecule has 0 spiro atoms. The average molecular weight is 415 g/mol. The molecule has 0 aliphatic carbocycles. The molecule has 2 aromatic rings. The Hall–Kier alpha value is -3.62. The summed E-state index contributed by atoms with van der Waals surface area (Å²) in [6.45, 7) is 4.59. The van der Waals surface area contributed by atoms with Gasteiger partial charge in [0, 0.05) is 12.1 Å². The summed E-state index contributed by atoms with van der Waals surface area (Å²) in [5.74, 6) is -1.84. The zero-order valence-corrected chi connectivity index (χ0v) is 17.1. The molecule has 1 atom stereocenters. The van der Waals surface area contributed by atoms with Crippen molar-refractivity contribution in [2.75, 3.05) is 13.2 Å². The van der Waals surface area contributed by atoms with Gasteiger partial charge in [-0.2, -0.15) is 0 Å². The quantitative estimate of drug-likeness (QED) is 0.421. The third-order valence-electron chi connectivity index (χ3n) is 4.43. The Morgan fingerprint density at radius 3 is 2.37 bits per heavy atom. The number of carbonyl (C=O) groups excluding carboxylic acids is 4. The van der Waals surface area contributed by atoms with E-state index in [2.05, 4.69) is 10.3 Å². The highest BCUT2D eigenvalue weighted by molar-refractivity contribution is 6.02. The largest absolute Gasteiger partial charge is 0.462 e. The molecule has 0 bridgehead atoms. The van der Waals surface area contributed by atoms with Gasteiger partial charge in [0.2, 0.25) is 5.78 Å². The molecule has 0 unspecified atom stereocenters. The molecule has 1 heterocycles. The predicted molar refractivity (Wildman–Crippen MR) is 108 cm³/mol. The van der Waals surface area contributed by atoms with Crippen LogP contribution in [0.4, 0.5) is 4.79 Å². The maximum absolute atomic E-state index is 12.5. The van der Waals surface area contributed by atoms with Gasteiger partial charge in [0.1, 0.15) is 6.04 Å². The van der Waals surface area contributed by atoms with E-state index < -0.39 is 36.4 Å². The fraction of sp³-hybridized carbons (Fsp3) is 0.333. The van der Waals surface area contributed by atoms with E-state index in [4.69, 9.17) is 15.2 Å². The zero-order valence-electron chi connectivity index (χ0n) is 17.1. The third kappa shape index (κ3) is 5.69. The Balaban J connectivity index is 2.08. The zero-order chi connectivity index (χ0) is 22.3. The fourth-order valence-corrected chi connectivity index (χ4v) is 3.06. The Kier molecular flexibility index (Phi) is 7.74. The molecule has 2 amide bonds. The number of hydrogen-bond donors (Lipinski definition) is 3. The van der Waals surface area contributed by atoms with Crippen molar-refractivity contribution >= 4 is 23.8 Å². The van der Waals surface area contributed by atoms with Gasteiger partial charge < -0.3 is 25.5 Å². The number of H-pyrrole nitrogens is 1. The summed E-state index contributed by atoms with van der Waals surface area (Å²) >= 11 is 0. The summed E-state index contributed by atoms with van der Waals surface area (Å²) in [7, 11) is 0. The van der Waals surface area contributed by atoms with E-state index >= 15 is 0 Å². The Bertz CT molecular complexity index is 936. The molecule has 0 aliphatic rings. The number of carbonyl (C=O) groups is 4. The number of ketones is 1. The Labute approximate surface area is 173 Å². The van der Waals surface area contributed by atoms with Gasteiger partial charge in [-0.05, 0) is 31.9 Å². The Morgan fingerprint density at radius 1 is 1.10 bits per heavy atom. The number of aryl methyl sites for hydroxylation is 1. The van der Waals surface area contributed by atoms with E-state index in [9.17, 15) is 19.2 Å². The molecule has 30 heavy (non-hydrogen) atoms. The van der Waals surface area contributed by atoms with E-state index in [1.165, 1.54) is 0 Å². The second-order valence-electron chi connectivity index (χ2n) is 6.63. The number of hydrogen-bond acceptors (Lipinski definition) is 6. The van der Waals surface area contributed by atoms with Crippen molar-refractivity contribution in [3.8, 4) is 0 Å². The number of nitrogens with two attached hydrogens (primary N) is 1. The first kappa shape index (κ1) is 22.7. The number of esters is 2. The van der Waals surface area contributed by atoms with Crippen molar-refractivity contribution in [2.45, 2.75) is 33.2 Å². The van der Waals surface area contributed by atoms with Crippen LogP contribution in [0.3, 0.4) is 0 Å². The average Bonchev–Trinajstić information content (AvgIpc) is 3.00. The maximum atomic E-state index is 12.5. The lowest BCUT2D eigenvalue weighted by atomic mass is 10.1. The number of amides is 2. The smallest absolute Gasteiger partial charge is 0.340 e. The van der Waals surface area contributed by atoms with Gasteiger partial charge in [-0.15, -0.1) is 0 Å². The number of primary amides is 1. The number of ether oxygens (including phenoxy) is 2. The number of aromatic amines is 1. The molecule has 0 aliphatic heterocycles. The minimum atomic E-state index is -1.04. The van der Waals surface area contributed by atoms with Crippen LogP contribution in [0.2, 0.25) is 0 Å². The van der Waals surface area contributed by atoms with Crippen molar-refractivity contribution < 1.29 is 28.7 Å². The summed E-state index contributed by atoms with van der Waals surface area (Å²) < 4.78 is 10.1. The molecule has 0 fully saturated rings. The van der Waals surface area contributed by atoms with Gasteiger partial charge in [-0.1, -0.05) is 30.3 Å². The van der Waals surface area contributed by atoms with Crippen LogP contribution in [0.5, 0.6) is 0 Å². The maximum Gasteiger partial charge on any atom is 0.340 e. The number of aromatic nitrogens is 1. The van der Waals surface area contributed by atoms with Crippen LogP contribution >= 0.6 is 0 Å². The van der Waals surface area contributed by atoms with E-state index in [0.29, 0.717) is 11.3 Å². The highest BCUT2D eigenvalue weighted by Gasteiger charge is 2.26. The van der Waals surface area contributed by atoms with Crippen LogP contribution in [0.25, 0.3) is 0 Å². The van der Waals surface area contributed by atoms with Gasteiger partial charge in [-0.25, -0.2) is 14.4 Å². The lowest BCUT2D eigenvalue weighted by molar-refractivity contribution is -0.144. The van der Waals surface area contributed by atoms with Gasteiger partial charge >= 0.3 is 18.0 Å². The number of rotatable bonds is 9. The number of urea groups is 1. The second-order valence-corrected chi connectivity index (χ2v) is 6.63. The summed E-state index contributed by atoms with van der Waals surface area (Å²) in [6.07, 6.45) is 0.157. The first-order valence-corrected chi connectivity index (χ1v) is 9.40. The van der Waals surface area contributed by atoms with Gasteiger partial charge in [0.15, 0.2) is 6.61 Å². The molecule has 1 aromatic heterocycles. The molecule has 1 aromatic carbocycles. The molecule has 0 saturated carbocycles. The first-order valence-electron chi connectivity index (χ1n) is 9.40. The van der Waals surface area contributed by atoms with Gasteiger partial charge in [-0.3, -0.25) is 4.79 Å². The van der Waals surface area contributed by atoms with Crippen LogP contribution in [-0.4, -0.2) is 48.0 Å². The minimum absolute atomic E-state index is 0.157. The Morgan fingerprint density at radius 2 is 1.77 bits per heavy atom. The van der Waals surface area contributed by atoms with Crippen molar-refractivity contribution in [1.29, 1.82) is 0 Å². The minimum Gasteiger partial charge on any atom is -0.462 e. The van der Waals surface area contributed by atoms with Crippen LogP contribution in [0, 0.1) is 13.8 Å². The van der Waals surface area contributed by atoms with E-state index in [1.807, 2.05) is 6.07 Å².